The minimum atomic E-state index is -0.683. The number of benzene rings is 2. The molecule has 2 aromatic carbocycles. The molecule has 1 atom stereocenters. The van der Waals surface area contributed by atoms with Gasteiger partial charge in [0.25, 0.3) is 0 Å². The van der Waals surface area contributed by atoms with Crippen LogP contribution in [0.5, 0.6) is 5.75 Å². The molecule has 178 valence electrons. The van der Waals surface area contributed by atoms with Crippen molar-refractivity contribution >= 4 is 28.7 Å². The van der Waals surface area contributed by atoms with Crippen molar-refractivity contribution in [3.05, 3.63) is 65.4 Å². The van der Waals surface area contributed by atoms with Gasteiger partial charge in [0.2, 0.25) is 0 Å². The first kappa shape index (κ1) is 23.5. The highest BCUT2D eigenvalue weighted by molar-refractivity contribution is 6.03. The van der Waals surface area contributed by atoms with Gasteiger partial charge in [0.15, 0.2) is 0 Å². The van der Waals surface area contributed by atoms with E-state index < -0.39 is 17.7 Å². The van der Waals surface area contributed by atoms with Gasteiger partial charge >= 0.3 is 12.1 Å². The van der Waals surface area contributed by atoms with Crippen molar-refractivity contribution in [3.63, 3.8) is 0 Å². The van der Waals surface area contributed by atoms with Crippen LogP contribution in [-0.2, 0) is 16.1 Å². The average molecular weight is 465 g/mol. The zero-order valence-electron chi connectivity index (χ0n) is 19.7. The Morgan fingerprint density at radius 2 is 1.91 bits per heavy atom. The maximum Gasteiger partial charge on any atom is 0.414 e. The standard InChI is InChI=1S/C26H28N2O6/c1-26(2,3)34-25(31)28-13-18(14-29)22-19-10-17(24(30)32-4)12-27-23(19)21(11-20(22)28)33-15-16-8-6-5-7-9-16/h5-12,18,29H,13-15H2,1-4H3. The van der Waals surface area contributed by atoms with Gasteiger partial charge in [-0.1, -0.05) is 30.3 Å². The Labute approximate surface area is 198 Å². The summed E-state index contributed by atoms with van der Waals surface area (Å²) in [6.45, 7) is 5.74. The molecule has 3 aromatic rings. The van der Waals surface area contributed by atoms with Crippen molar-refractivity contribution in [2.45, 2.75) is 38.9 Å². The number of carbonyl (C=O) groups excluding carboxylic acids is 2. The van der Waals surface area contributed by atoms with E-state index in [0.29, 0.717) is 34.5 Å². The largest absolute Gasteiger partial charge is 0.487 e. The number of hydrogen-bond donors (Lipinski definition) is 1. The quantitative estimate of drug-likeness (QED) is 0.558. The number of carbonyl (C=O) groups is 2. The lowest BCUT2D eigenvalue weighted by molar-refractivity contribution is 0.0576. The van der Waals surface area contributed by atoms with E-state index in [0.717, 1.165) is 5.56 Å². The third-order valence-electron chi connectivity index (χ3n) is 5.55. The number of nitrogens with zero attached hydrogens (tertiary/aromatic N) is 2. The molecule has 0 bridgehead atoms. The summed E-state index contributed by atoms with van der Waals surface area (Å²) in [6, 6.07) is 13.1. The number of anilines is 1. The number of esters is 1. The molecule has 1 unspecified atom stereocenters. The normalized spacial score (nSPS) is 15.2. The Bertz CT molecular complexity index is 1220. The van der Waals surface area contributed by atoms with Crippen molar-refractivity contribution in [2.24, 2.45) is 0 Å². The molecule has 1 aliphatic rings. The second-order valence-electron chi connectivity index (χ2n) is 9.16. The van der Waals surface area contributed by atoms with Crippen LogP contribution in [0.2, 0.25) is 0 Å². The molecule has 0 aliphatic carbocycles. The van der Waals surface area contributed by atoms with Crippen molar-refractivity contribution < 1.29 is 28.9 Å². The number of aromatic nitrogens is 1. The van der Waals surface area contributed by atoms with E-state index in [-0.39, 0.29) is 24.6 Å². The predicted molar refractivity (Wildman–Crippen MR) is 127 cm³/mol. The zero-order chi connectivity index (χ0) is 24.5. The van der Waals surface area contributed by atoms with Gasteiger partial charge in [-0.15, -0.1) is 0 Å². The molecule has 0 saturated carbocycles. The Hall–Kier alpha value is -3.65. The highest BCUT2D eigenvalue weighted by atomic mass is 16.6. The number of aliphatic hydroxyl groups excluding tert-OH is 1. The van der Waals surface area contributed by atoms with Crippen LogP contribution < -0.4 is 9.64 Å². The van der Waals surface area contributed by atoms with E-state index in [1.54, 1.807) is 32.9 Å². The summed E-state index contributed by atoms with van der Waals surface area (Å²) in [7, 11) is 1.30. The molecule has 8 heteroatoms. The molecule has 2 heterocycles. The van der Waals surface area contributed by atoms with Gasteiger partial charge in [-0.3, -0.25) is 9.88 Å². The van der Waals surface area contributed by atoms with Gasteiger partial charge in [-0.25, -0.2) is 9.59 Å². The van der Waals surface area contributed by atoms with Gasteiger partial charge in [-0.05, 0) is 38.0 Å². The summed E-state index contributed by atoms with van der Waals surface area (Å²) in [6.07, 6.45) is 0.917. The molecule has 0 radical (unpaired) electrons. The second kappa shape index (κ2) is 9.30. The molecular formula is C26H28N2O6. The molecule has 1 aromatic heterocycles. The van der Waals surface area contributed by atoms with Crippen molar-refractivity contribution in [3.8, 4) is 5.75 Å². The van der Waals surface area contributed by atoms with E-state index in [1.807, 2.05) is 30.3 Å². The lowest BCUT2D eigenvalue weighted by Gasteiger charge is -2.25. The second-order valence-corrected chi connectivity index (χ2v) is 9.16. The maximum absolute atomic E-state index is 13.0. The Kier molecular flexibility index (Phi) is 6.43. The van der Waals surface area contributed by atoms with Crippen LogP contribution in [0, 0.1) is 0 Å². The number of methoxy groups -OCH3 is 1. The van der Waals surface area contributed by atoms with Crippen LogP contribution in [0.3, 0.4) is 0 Å². The minimum absolute atomic E-state index is 0.186. The Morgan fingerprint density at radius 1 is 1.18 bits per heavy atom. The third kappa shape index (κ3) is 4.68. The number of ether oxygens (including phenoxy) is 3. The van der Waals surface area contributed by atoms with Crippen molar-refractivity contribution in [2.75, 3.05) is 25.2 Å². The molecule has 0 saturated heterocycles. The molecule has 1 amide bonds. The van der Waals surface area contributed by atoms with Crippen LogP contribution >= 0.6 is 0 Å². The summed E-state index contributed by atoms with van der Waals surface area (Å²) in [5.74, 6) is -0.439. The summed E-state index contributed by atoms with van der Waals surface area (Å²) in [4.78, 5) is 31.2. The minimum Gasteiger partial charge on any atom is -0.487 e. The Morgan fingerprint density at radius 3 is 2.56 bits per heavy atom. The zero-order valence-corrected chi connectivity index (χ0v) is 19.7. The molecule has 34 heavy (non-hydrogen) atoms. The number of aliphatic hydroxyl groups is 1. The van der Waals surface area contributed by atoms with Gasteiger partial charge in [-0.2, -0.15) is 0 Å². The fourth-order valence-electron chi connectivity index (χ4n) is 4.05. The number of fused-ring (bicyclic) bond motifs is 3. The number of pyridine rings is 1. The topological polar surface area (TPSA) is 98.2 Å². The highest BCUT2D eigenvalue weighted by Gasteiger charge is 2.37. The summed E-state index contributed by atoms with van der Waals surface area (Å²) in [5, 5.41) is 10.7. The number of hydrogen-bond acceptors (Lipinski definition) is 7. The fourth-order valence-corrected chi connectivity index (χ4v) is 4.05. The van der Waals surface area contributed by atoms with Gasteiger partial charge in [0, 0.05) is 30.1 Å². The monoisotopic (exact) mass is 464 g/mol. The molecule has 1 N–H and O–H groups in total. The van der Waals surface area contributed by atoms with E-state index in [4.69, 9.17) is 14.2 Å². The predicted octanol–water partition coefficient (Wildman–Crippen LogP) is 4.43. The van der Waals surface area contributed by atoms with Crippen LogP contribution in [0.4, 0.5) is 10.5 Å². The Balaban J connectivity index is 1.86. The van der Waals surface area contributed by atoms with E-state index in [9.17, 15) is 14.7 Å². The average Bonchev–Trinajstić information content (AvgIpc) is 3.20. The first-order valence-corrected chi connectivity index (χ1v) is 11.0. The van der Waals surface area contributed by atoms with E-state index in [1.165, 1.54) is 18.2 Å². The maximum atomic E-state index is 13.0. The van der Waals surface area contributed by atoms with Crippen molar-refractivity contribution in [1.29, 1.82) is 0 Å². The first-order chi connectivity index (χ1) is 16.2. The van der Waals surface area contributed by atoms with Crippen LogP contribution in [0.15, 0.2) is 48.7 Å². The van der Waals surface area contributed by atoms with Gasteiger partial charge in [0.1, 0.15) is 23.5 Å². The van der Waals surface area contributed by atoms with Gasteiger partial charge in [0.05, 0.1) is 25.0 Å². The fraction of sp³-hybridized carbons (Fsp3) is 0.346. The smallest absolute Gasteiger partial charge is 0.414 e. The molecule has 8 nitrogen and oxygen atoms in total. The first-order valence-electron chi connectivity index (χ1n) is 11.0. The molecule has 0 spiro atoms. The summed E-state index contributed by atoms with van der Waals surface area (Å²) in [5.41, 5.74) is 2.37. The summed E-state index contributed by atoms with van der Waals surface area (Å²) >= 11 is 0. The van der Waals surface area contributed by atoms with Crippen molar-refractivity contribution in [1.82, 2.24) is 4.98 Å². The summed E-state index contributed by atoms with van der Waals surface area (Å²) < 4.78 is 16.6. The molecular weight excluding hydrogens is 436 g/mol. The van der Waals surface area contributed by atoms with Crippen LogP contribution in [0.25, 0.3) is 10.9 Å². The third-order valence-corrected chi connectivity index (χ3v) is 5.55. The highest BCUT2D eigenvalue weighted by Crippen LogP contribution is 2.45. The lowest BCUT2D eigenvalue weighted by Crippen LogP contribution is -2.36. The number of rotatable bonds is 5. The SMILES string of the molecule is COC(=O)c1cnc2c(OCc3ccccc3)cc3c(c2c1)C(CO)CN3C(=O)OC(C)(C)C. The van der Waals surface area contributed by atoms with E-state index >= 15 is 0 Å². The molecule has 1 aliphatic heterocycles. The number of amides is 1. The van der Waals surface area contributed by atoms with E-state index in [2.05, 4.69) is 4.98 Å². The lowest BCUT2D eigenvalue weighted by atomic mass is 9.96. The molecule has 0 fully saturated rings. The van der Waals surface area contributed by atoms with Crippen LogP contribution in [0.1, 0.15) is 48.2 Å². The van der Waals surface area contributed by atoms with Crippen LogP contribution in [-0.4, -0.2) is 48.0 Å². The van der Waals surface area contributed by atoms with Gasteiger partial charge < -0.3 is 19.3 Å². The molecule has 4 rings (SSSR count).